The molecule has 0 radical (unpaired) electrons. The van der Waals surface area contributed by atoms with E-state index in [4.69, 9.17) is 0 Å². The molecular formula is C24H33FO2. The SMILES string of the molecule is CCCC/C=C/CC1C(O)CC(F)C1/C=C/C(O)C1Cc2ccccc2C1. The fourth-order valence-corrected chi connectivity index (χ4v) is 4.59. The van der Waals surface area contributed by atoms with Crippen molar-refractivity contribution in [2.45, 2.75) is 70.2 Å². The van der Waals surface area contributed by atoms with Gasteiger partial charge in [-0.3, -0.25) is 0 Å². The predicted octanol–water partition coefficient (Wildman–Crippen LogP) is 4.79. The maximum Gasteiger partial charge on any atom is 0.109 e. The number of unbranched alkanes of at least 4 members (excludes halogenated alkanes) is 2. The fraction of sp³-hybridized carbons (Fsp3) is 0.583. The molecule has 0 aromatic heterocycles. The molecule has 1 aromatic rings. The van der Waals surface area contributed by atoms with Crippen molar-refractivity contribution >= 4 is 0 Å². The van der Waals surface area contributed by atoms with Gasteiger partial charge >= 0.3 is 0 Å². The zero-order chi connectivity index (χ0) is 19.2. The van der Waals surface area contributed by atoms with Crippen molar-refractivity contribution in [3.05, 3.63) is 59.7 Å². The van der Waals surface area contributed by atoms with E-state index < -0.39 is 18.4 Å². The molecule has 0 spiro atoms. The van der Waals surface area contributed by atoms with Crippen LogP contribution in [0.1, 0.15) is 50.2 Å². The topological polar surface area (TPSA) is 40.5 Å². The van der Waals surface area contributed by atoms with Gasteiger partial charge in [0.25, 0.3) is 0 Å². The lowest BCUT2D eigenvalue weighted by Crippen LogP contribution is -2.21. The normalized spacial score (nSPS) is 29.8. The van der Waals surface area contributed by atoms with E-state index in [9.17, 15) is 14.6 Å². The minimum absolute atomic E-state index is 0.0953. The highest BCUT2D eigenvalue weighted by atomic mass is 19.1. The molecule has 1 fully saturated rings. The standard InChI is InChI=1S/C24H33FO2/c1-2-3-4-5-6-11-21-20(22(25)16-24(21)27)12-13-23(26)19-14-17-9-7-8-10-18(17)15-19/h5-10,12-13,19-24,26-27H,2-4,11,14-16H2,1H3/b6-5+,13-12+. The van der Waals surface area contributed by atoms with Crippen LogP contribution in [-0.2, 0) is 12.8 Å². The van der Waals surface area contributed by atoms with E-state index in [0.717, 1.165) is 32.1 Å². The summed E-state index contributed by atoms with van der Waals surface area (Å²) in [6, 6.07) is 8.32. The van der Waals surface area contributed by atoms with Gasteiger partial charge in [0.1, 0.15) is 6.17 Å². The lowest BCUT2D eigenvalue weighted by molar-refractivity contribution is 0.124. The lowest BCUT2D eigenvalue weighted by atomic mass is 9.89. The first-order chi connectivity index (χ1) is 13.1. The van der Waals surface area contributed by atoms with Gasteiger partial charge in [-0.15, -0.1) is 0 Å². The molecule has 0 saturated heterocycles. The van der Waals surface area contributed by atoms with Gasteiger partial charge in [-0.1, -0.05) is 68.3 Å². The van der Waals surface area contributed by atoms with Gasteiger partial charge in [-0.05, 0) is 48.6 Å². The van der Waals surface area contributed by atoms with Crippen LogP contribution in [-0.4, -0.2) is 28.6 Å². The second-order valence-electron chi connectivity index (χ2n) is 8.22. The lowest BCUT2D eigenvalue weighted by Gasteiger charge is -2.20. The van der Waals surface area contributed by atoms with Crippen LogP contribution in [0.15, 0.2) is 48.6 Å². The minimum atomic E-state index is -1.03. The van der Waals surface area contributed by atoms with Crippen LogP contribution >= 0.6 is 0 Å². The number of benzene rings is 1. The number of hydrogen-bond acceptors (Lipinski definition) is 2. The average Bonchev–Trinajstić information content (AvgIpc) is 3.20. The largest absolute Gasteiger partial charge is 0.393 e. The van der Waals surface area contributed by atoms with Gasteiger partial charge in [-0.25, -0.2) is 4.39 Å². The van der Waals surface area contributed by atoms with Crippen LogP contribution in [0.2, 0.25) is 0 Å². The Bertz CT molecular complexity index is 629. The number of allylic oxidation sites excluding steroid dienone is 3. The zero-order valence-electron chi connectivity index (χ0n) is 16.3. The molecule has 2 aliphatic rings. The zero-order valence-corrected chi connectivity index (χ0v) is 16.3. The van der Waals surface area contributed by atoms with Crippen LogP contribution in [0.25, 0.3) is 0 Å². The second kappa shape index (κ2) is 9.66. The van der Waals surface area contributed by atoms with E-state index in [1.165, 1.54) is 11.1 Å². The van der Waals surface area contributed by atoms with E-state index in [1.807, 2.05) is 18.2 Å². The highest BCUT2D eigenvalue weighted by molar-refractivity contribution is 5.33. The van der Waals surface area contributed by atoms with Crippen molar-refractivity contribution in [3.8, 4) is 0 Å². The monoisotopic (exact) mass is 372 g/mol. The van der Waals surface area contributed by atoms with Crippen molar-refractivity contribution in [1.82, 2.24) is 0 Å². The summed E-state index contributed by atoms with van der Waals surface area (Å²) in [5.41, 5.74) is 2.62. The summed E-state index contributed by atoms with van der Waals surface area (Å²) in [5, 5.41) is 20.9. The third-order valence-corrected chi connectivity index (χ3v) is 6.27. The number of alkyl halides is 1. The molecule has 1 saturated carbocycles. The molecule has 3 rings (SSSR count). The first kappa shape index (κ1) is 20.3. The van der Waals surface area contributed by atoms with Gasteiger partial charge in [0.2, 0.25) is 0 Å². The van der Waals surface area contributed by atoms with Gasteiger partial charge in [0.05, 0.1) is 12.2 Å². The van der Waals surface area contributed by atoms with Crippen molar-refractivity contribution in [2.75, 3.05) is 0 Å². The number of aliphatic hydroxyl groups excluding tert-OH is 2. The minimum Gasteiger partial charge on any atom is -0.393 e. The molecule has 0 aliphatic heterocycles. The third kappa shape index (κ3) is 5.08. The molecule has 0 bridgehead atoms. The summed E-state index contributed by atoms with van der Waals surface area (Å²) >= 11 is 0. The van der Waals surface area contributed by atoms with Gasteiger partial charge in [-0.2, -0.15) is 0 Å². The quantitative estimate of drug-likeness (QED) is 0.509. The van der Waals surface area contributed by atoms with Crippen molar-refractivity contribution in [2.24, 2.45) is 17.8 Å². The molecule has 27 heavy (non-hydrogen) atoms. The summed E-state index contributed by atoms with van der Waals surface area (Å²) in [7, 11) is 0. The van der Waals surface area contributed by atoms with Crippen LogP contribution in [0, 0.1) is 17.8 Å². The van der Waals surface area contributed by atoms with E-state index >= 15 is 0 Å². The maximum atomic E-state index is 14.4. The summed E-state index contributed by atoms with van der Waals surface area (Å²) in [5.74, 6) is -0.244. The molecule has 5 atom stereocenters. The summed E-state index contributed by atoms with van der Waals surface area (Å²) < 4.78 is 14.4. The molecule has 1 aromatic carbocycles. The number of hydrogen-bond donors (Lipinski definition) is 2. The number of fused-ring (bicyclic) bond motifs is 1. The summed E-state index contributed by atoms with van der Waals surface area (Å²) in [6.45, 7) is 2.16. The van der Waals surface area contributed by atoms with Crippen molar-refractivity contribution in [3.63, 3.8) is 0 Å². The Morgan fingerprint density at radius 1 is 1.19 bits per heavy atom. The first-order valence-electron chi connectivity index (χ1n) is 10.5. The van der Waals surface area contributed by atoms with Crippen molar-refractivity contribution < 1.29 is 14.6 Å². The predicted molar refractivity (Wildman–Crippen MR) is 108 cm³/mol. The molecule has 148 valence electrons. The summed E-state index contributed by atoms with van der Waals surface area (Å²) in [4.78, 5) is 0. The molecule has 0 amide bonds. The maximum absolute atomic E-state index is 14.4. The smallest absolute Gasteiger partial charge is 0.109 e. The Morgan fingerprint density at radius 2 is 1.89 bits per heavy atom. The highest BCUT2D eigenvalue weighted by Gasteiger charge is 2.40. The van der Waals surface area contributed by atoms with E-state index in [2.05, 4.69) is 31.2 Å². The van der Waals surface area contributed by atoms with Crippen molar-refractivity contribution in [1.29, 1.82) is 0 Å². The molecule has 0 heterocycles. The Balaban J connectivity index is 1.57. The average molecular weight is 373 g/mol. The van der Waals surface area contributed by atoms with E-state index in [1.54, 1.807) is 6.08 Å². The fourth-order valence-electron chi connectivity index (χ4n) is 4.59. The van der Waals surface area contributed by atoms with E-state index in [-0.39, 0.29) is 24.2 Å². The molecule has 2 N–H and O–H groups in total. The third-order valence-electron chi connectivity index (χ3n) is 6.27. The van der Waals surface area contributed by atoms with Crippen LogP contribution in [0.3, 0.4) is 0 Å². The first-order valence-corrected chi connectivity index (χ1v) is 10.5. The highest BCUT2D eigenvalue weighted by Crippen LogP contribution is 2.38. The van der Waals surface area contributed by atoms with Gasteiger partial charge < -0.3 is 10.2 Å². The number of aliphatic hydroxyl groups is 2. The van der Waals surface area contributed by atoms with Crippen LogP contribution in [0.4, 0.5) is 4.39 Å². The Morgan fingerprint density at radius 3 is 2.56 bits per heavy atom. The number of rotatable bonds is 8. The second-order valence-corrected chi connectivity index (χ2v) is 8.22. The number of halogens is 1. The van der Waals surface area contributed by atoms with Gasteiger partial charge in [0.15, 0.2) is 0 Å². The molecule has 3 heteroatoms. The van der Waals surface area contributed by atoms with E-state index in [0.29, 0.717) is 6.42 Å². The van der Waals surface area contributed by atoms with Crippen LogP contribution < -0.4 is 0 Å². The van der Waals surface area contributed by atoms with Gasteiger partial charge in [0, 0.05) is 12.3 Å². The molecule has 2 aliphatic carbocycles. The summed E-state index contributed by atoms with van der Waals surface area (Å²) in [6.07, 6.45) is 11.7. The molecule has 2 nitrogen and oxygen atoms in total. The molecular weight excluding hydrogens is 339 g/mol. The molecule has 5 unspecified atom stereocenters. The Hall–Kier alpha value is -1.45. The Labute approximate surface area is 162 Å². The van der Waals surface area contributed by atoms with Crippen LogP contribution in [0.5, 0.6) is 0 Å². The Kier molecular flexibility index (Phi) is 7.26.